The van der Waals surface area contributed by atoms with Gasteiger partial charge in [0.25, 0.3) is 0 Å². The van der Waals surface area contributed by atoms with Crippen LogP contribution < -0.4 is 10.6 Å². The van der Waals surface area contributed by atoms with Gasteiger partial charge in [-0.1, -0.05) is 24.3 Å². The van der Waals surface area contributed by atoms with Crippen molar-refractivity contribution in [1.82, 2.24) is 20.2 Å². The van der Waals surface area contributed by atoms with E-state index in [1.54, 1.807) is 6.20 Å². The molecule has 2 N–H and O–H groups in total. The Morgan fingerprint density at radius 3 is 2.62 bits per heavy atom. The number of hydrogen-bond donors (Lipinski definition) is 2. The fourth-order valence-corrected chi connectivity index (χ4v) is 2.76. The summed E-state index contributed by atoms with van der Waals surface area (Å²) in [5.74, 6) is 0.281. The molecule has 132 valence electrons. The highest BCUT2D eigenvalue weighted by Crippen LogP contribution is 2.11. The number of piperidine rings is 1. The summed E-state index contributed by atoms with van der Waals surface area (Å²) in [5, 5.41) is 6.31. The maximum Gasteiger partial charge on any atom is 0.224 e. The van der Waals surface area contributed by atoms with Crippen LogP contribution in [0.3, 0.4) is 0 Å². The molecule has 0 radical (unpaired) electrons. The Hall–Kier alpha value is -1.56. The van der Waals surface area contributed by atoms with Crippen molar-refractivity contribution in [1.29, 1.82) is 0 Å². The molecule has 1 aliphatic rings. The fraction of sp³-hybridized carbons (Fsp3) is 0.412. The van der Waals surface area contributed by atoms with E-state index in [1.165, 1.54) is 5.56 Å². The first-order chi connectivity index (χ1) is 10.8. The van der Waals surface area contributed by atoms with Crippen molar-refractivity contribution in [3.05, 3.63) is 54.1 Å². The van der Waals surface area contributed by atoms with E-state index in [9.17, 15) is 4.79 Å². The Balaban J connectivity index is 0.00000144. The highest BCUT2D eigenvalue weighted by Gasteiger charge is 2.20. The lowest BCUT2D eigenvalue weighted by Crippen LogP contribution is -2.40. The van der Waals surface area contributed by atoms with Crippen LogP contribution in [0.1, 0.15) is 24.0 Å². The molecule has 1 amide bonds. The number of rotatable bonds is 5. The highest BCUT2D eigenvalue weighted by molar-refractivity contribution is 5.85. The summed E-state index contributed by atoms with van der Waals surface area (Å²) in [6.07, 6.45) is 7.62. The third-order valence-corrected chi connectivity index (χ3v) is 4.08. The van der Waals surface area contributed by atoms with Crippen molar-refractivity contribution in [3.8, 4) is 0 Å². The largest absolute Gasteiger partial charge is 0.352 e. The summed E-state index contributed by atoms with van der Waals surface area (Å²) >= 11 is 0. The van der Waals surface area contributed by atoms with Crippen molar-refractivity contribution >= 4 is 30.7 Å². The van der Waals surface area contributed by atoms with Crippen molar-refractivity contribution in [2.75, 3.05) is 13.1 Å². The summed E-state index contributed by atoms with van der Waals surface area (Å²) in [6.45, 7) is 3.25. The molecule has 7 heteroatoms. The van der Waals surface area contributed by atoms with Gasteiger partial charge in [0.2, 0.25) is 5.91 Å². The lowest BCUT2D eigenvalue weighted by atomic mass is 9.99. The third kappa shape index (κ3) is 5.82. The molecule has 5 nitrogen and oxygen atoms in total. The van der Waals surface area contributed by atoms with Gasteiger partial charge in [0, 0.05) is 32.0 Å². The lowest BCUT2D eigenvalue weighted by Gasteiger charge is -2.21. The Morgan fingerprint density at radius 1 is 1.25 bits per heavy atom. The van der Waals surface area contributed by atoms with Crippen LogP contribution >= 0.6 is 24.8 Å². The number of halogens is 2. The SMILES string of the molecule is Cl.Cl.O=C(NCc1ccc(Cn2ccnc2)cc1)C1CCCNC1. The molecule has 0 saturated carbocycles. The number of nitrogens with one attached hydrogen (secondary N) is 2. The molecule has 1 fully saturated rings. The van der Waals surface area contributed by atoms with Crippen LogP contribution in [-0.4, -0.2) is 28.5 Å². The summed E-state index contributed by atoms with van der Waals surface area (Å²) in [5.41, 5.74) is 2.36. The van der Waals surface area contributed by atoms with Crippen LogP contribution in [0, 0.1) is 5.92 Å². The number of benzene rings is 1. The summed E-state index contributed by atoms with van der Waals surface area (Å²) in [6, 6.07) is 8.35. The smallest absolute Gasteiger partial charge is 0.224 e. The normalized spacial score (nSPS) is 16.6. The second-order valence-corrected chi connectivity index (χ2v) is 5.81. The van der Waals surface area contributed by atoms with Gasteiger partial charge in [0.1, 0.15) is 0 Å². The zero-order chi connectivity index (χ0) is 15.2. The predicted octanol–water partition coefficient (Wildman–Crippen LogP) is 2.39. The zero-order valence-corrected chi connectivity index (χ0v) is 15.1. The van der Waals surface area contributed by atoms with E-state index < -0.39 is 0 Å². The molecular weight excluding hydrogens is 347 g/mol. The molecule has 2 heterocycles. The van der Waals surface area contributed by atoms with Gasteiger partial charge >= 0.3 is 0 Å². The van der Waals surface area contributed by atoms with Gasteiger partial charge in [-0.05, 0) is 30.5 Å². The second-order valence-electron chi connectivity index (χ2n) is 5.81. The van der Waals surface area contributed by atoms with E-state index in [4.69, 9.17) is 0 Å². The molecule has 1 saturated heterocycles. The van der Waals surface area contributed by atoms with Crippen molar-refractivity contribution < 1.29 is 4.79 Å². The van der Waals surface area contributed by atoms with E-state index >= 15 is 0 Å². The average Bonchev–Trinajstić information content (AvgIpc) is 3.08. The van der Waals surface area contributed by atoms with Gasteiger partial charge in [0.05, 0.1) is 12.2 Å². The molecule has 24 heavy (non-hydrogen) atoms. The molecule has 0 aliphatic carbocycles. The van der Waals surface area contributed by atoms with E-state index in [1.807, 2.05) is 17.1 Å². The first-order valence-corrected chi connectivity index (χ1v) is 7.83. The van der Waals surface area contributed by atoms with Gasteiger partial charge in [-0.2, -0.15) is 0 Å². The van der Waals surface area contributed by atoms with Crippen LogP contribution in [0.4, 0.5) is 0 Å². The monoisotopic (exact) mass is 370 g/mol. The Morgan fingerprint density at radius 2 is 2.00 bits per heavy atom. The van der Waals surface area contributed by atoms with Gasteiger partial charge in [-0.25, -0.2) is 4.98 Å². The first-order valence-electron chi connectivity index (χ1n) is 7.83. The standard InChI is InChI=1S/C17H22N4O.2ClH/c22-17(16-2-1-7-18-11-16)20-10-14-3-5-15(6-4-14)12-21-9-8-19-13-21;;/h3-6,8-9,13,16,18H,1-2,7,10-12H2,(H,20,22);2*1H. The Bertz CT molecular complexity index is 596. The maximum atomic E-state index is 12.1. The van der Waals surface area contributed by atoms with E-state index in [2.05, 4.69) is 39.9 Å². The Labute approximate surface area is 155 Å². The summed E-state index contributed by atoms with van der Waals surface area (Å²) < 4.78 is 2.03. The molecule has 3 rings (SSSR count). The lowest BCUT2D eigenvalue weighted by molar-refractivity contribution is -0.125. The quantitative estimate of drug-likeness (QED) is 0.849. The molecule has 0 bridgehead atoms. The number of imidazole rings is 1. The van der Waals surface area contributed by atoms with Crippen molar-refractivity contribution in [3.63, 3.8) is 0 Å². The minimum absolute atomic E-state index is 0. The second kappa shape index (κ2) is 10.3. The molecule has 1 aromatic heterocycles. The van der Waals surface area contributed by atoms with Gasteiger partial charge < -0.3 is 15.2 Å². The molecule has 1 unspecified atom stereocenters. The number of aromatic nitrogens is 2. The van der Waals surface area contributed by atoms with Crippen LogP contribution in [0.25, 0.3) is 0 Å². The first kappa shape index (κ1) is 20.5. The highest BCUT2D eigenvalue weighted by atomic mass is 35.5. The Kier molecular flexibility index (Phi) is 8.82. The number of hydrogen-bond acceptors (Lipinski definition) is 3. The van der Waals surface area contributed by atoms with Crippen LogP contribution in [0.5, 0.6) is 0 Å². The molecule has 1 aliphatic heterocycles. The molecule has 1 aromatic carbocycles. The minimum atomic E-state index is 0. The third-order valence-electron chi connectivity index (χ3n) is 4.08. The summed E-state index contributed by atoms with van der Waals surface area (Å²) in [7, 11) is 0. The minimum Gasteiger partial charge on any atom is -0.352 e. The number of carbonyl (C=O) groups excluding carboxylic acids is 1. The maximum absolute atomic E-state index is 12.1. The molecule has 0 spiro atoms. The average molecular weight is 371 g/mol. The predicted molar refractivity (Wildman–Crippen MR) is 99.7 cm³/mol. The van der Waals surface area contributed by atoms with E-state index in [0.29, 0.717) is 6.54 Å². The van der Waals surface area contributed by atoms with Crippen LogP contribution in [0.2, 0.25) is 0 Å². The fourth-order valence-electron chi connectivity index (χ4n) is 2.76. The van der Waals surface area contributed by atoms with Crippen molar-refractivity contribution in [2.24, 2.45) is 5.92 Å². The molecular formula is C17H24Cl2N4O. The van der Waals surface area contributed by atoms with Crippen molar-refractivity contribution in [2.45, 2.75) is 25.9 Å². The van der Waals surface area contributed by atoms with E-state index in [0.717, 1.165) is 38.0 Å². The molecule has 2 aromatic rings. The van der Waals surface area contributed by atoms with Crippen LogP contribution in [0.15, 0.2) is 43.0 Å². The zero-order valence-electron chi connectivity index (χ0n) is 13.5. The van der Waals surface area contributed by atoms with E-state index in [-0.39, 0.29) is 36.6 Å². The number of nitrogens with zero attached hydrogens (tertiary/aromatic N) is 2. The van der Waals surface area contributed by atoms with Gasteiger partial charge in [-0.3, -0.25) is 4.79 Å². The topological polar surface area (TPSA) is 59.0 Å². The van der Waals surface area contributed by atoms with Gasteiger partial charge in [0.15, 0.2) is 0 Å². The molecule has 1 atom stereocenters. The number of carbonyl (C=O) groups is 1. The number of amides is 1. The summed E-state index contributed by atoms with van der Waals surface area (Å²) in [4.78, 5) is 16.1. The van der Waals surface area contributed by atoms with Crippen LogP contribution in [-0.2, 0) is 17.9 Å². The van der Waals surface area contributed by atoms with Gasteiger partial charge in [-0.15, -0.1) is 24.8 Å².